The molecule has 0 fully saturated rings. The summed E-state index contributed by atoms with van der Waals surface area (Å²) in [6.07, 6.45) is 1.09. The number of nitrogens with two attached hydrogens (primary N) is 1. The minimum atomic E-state index is 0.212. The fourth-order valence-electron chi connectivity index (χ4n) is 3.20. The number of fused-ring (bicyclic) bond motifs is 1. The molecule has 1 aliphatic rings. The molecule has 0 aliphatic carbocycles. The summed E-state index contributed by atoms with van der Waals surface area (Å²) in [7, 11) is 0. The SMILES string of the molecule is CC1Cc2ccccc2N1C(CN)c1ccccc1Br. The second kappa shape index (κ2) is 5.58. The number of hydrogen-bond acceptors (Lipinski definition) is 2. The van der Waals surface area contributed by atoms with Crippen molar-refractivity contribution in [2.45, 2.75) is 25.4 Å². The Morgan fingerprint density at radius 1 is 1.20 bits per heavy atom. The molecule has 3 heteroatoms. The molecule has 0 radical (unpaired) electrons. The van der Waals surface area contributed by atoms with Gasteiger partial charge in [-0.05, 0) is 36.6 Å². The summed E-state index contributed by atoms with van der Waals surface area (Å²) in [6.45, 7) is 2.89. The summed E-state index contributed by atoms with van der Waals surface area (Å²) in [5.41, 5.74) is 10.1. The molecule has 0 saturated heterocycles. The third kappa shape index (κ3) is 2.25. The Hall–Kier alpha value is -1.32. The van der Waals surface area contributed by atoms with Crippen molar-refractivity contribution in [2.75, 3.05) is 11.4 Å². The Morgan fingerprint density at radius 2 is 1.90 bits per heavy atom. The lowest BCUT2D eigenvalue weighted by Crippen LogP contribution is -2.37. The number of anilines is 1. The van der Waals surface area contributed by atoms with Crippen LogP contribution in [0.15, 0.2) is 53.0 Å². The van der Waals surface area contributed by atoms with E-state index in [2.05, 4.69) is 70.2 Å². The van der Waals surface area contributed by atoms with Gasteiger partial charge in [-0.15, -0.1) is 0 Å². The fourth-order valence-corrected chi connectivity index (χ4v) is 3.75. The van der Waals surface area contributed by atoms with Gasteiger partial charge in [0.2, 0.25) is 0 Å². The van der Waals surface area contributed by atoms with Gasteiger partial charge in [0, 0.05) is 22.7 Å². The van der Waals surface area contributed by atoms with Gasteiger partial charge >= 0.3 is 0 Å². The van der Waals surface area contributed by atoms with Crippen LogP contribution in [0, 0.1) is 0 Å². The number of hydrogen-bond donors (Lipinski definition) is 1. The molecular weight excluding hydrogens is 312 g/mol. The van der Waals surface area contributed by atoms with Crippen molar-refractivity contribution >= 4 is 21.6 Å². The van der Waals surface area contributed by atoms with Crippen LogP contribution >= 0.6 is 15.9 Å². The molecule has 0 bridgehead atoms. The summed E-state index contributed by atoms with van der Waals surface area (Å²) < 4.78 is 1.13. The van der Waals surface area contributed by atoms with Crippen molar-refractivity contribution in [1.82, 2.24) is 0 Å². The molecule has 2 aromatic rings. The molecule has 0 spiro atoms. The normalized spacial score (nSPS) is 18.9. The zero-order valence-electron chi connectivity index (χ0n) is 11.6. The first-order valence-corrected chi connectivity index (χ1v) is 7.82. The summed E-state index contributed by atoms with van der Waals surface area (Å²) in [5.74, 6) is 0. The predicted octanol–water partition coefficient (Wildman–Crippen LogP) is 3.90. The van der Waals surface area contributed by atoms with E-state index < -0.39 is 0 Å². The van der Waals surface area contributed by atoms with Crippen molar-refractivity contribution in [3.8, 4) is 0 Å². The van der Waals surface area contributed by atoms with Crippen LogP contribution in [0.1, 0.15) is 24.1 Å². The maximum absolute atomic E-state index is 6.11. The second-order valence-corrected chi connectivity index (χ2v) is 6.22. The lowest BCUT2D eigenvalue weighted by Gasteiger charge is -2.34. The van der Waals surface area contributed by atoms with Gasteiger partial charge in [-0.25, -0.2) is 0 Å². The van der Waals surface area contributed by atoms with Gasteiger partial charge in [0.05, 0.1) is 6.04 Å². The van der Waals surface area contributed by atoms with E-state index in [0.29, 0.717) is 12.6 Å². The highest BCUT2D eigenvalue weighted by Gasteiger charge is 2.32. The first kappa shape index (κ1) is 13.7. The number of nitrogens with zero attached hydrogens (tertiary/aromatic N) is 1. The zero-order chi connectivity index (χ0) is 14.1. The zero-order valence-corrected chi connectivity index (χ0v) is 13.2. The van der Waals surface area contributed by atoms with E-state index in [1.165, 1.54) is 16.8 Å². The highest BCUT2D eigenvalue weighted by atomic mass is 79.9. The summed E-state index contributed by atoms with van der Waals surface area (Å²) in [4.78, 5) is 2.47. The number of halogens is 1. The van der Waals surface area contributed by atoms with Gasteiger partial charge in [-0.2, -0.15) is 0 Å². The number of para-hydroxylation sites is 1. The third-order valence-electron chi connectivity index (χ3n) is 4.08. The molecular formula is C17H19BrN2. The van der Waals surface area contributed by atoms with Crippen molar-refractivity contribution in [2.24, 2.45) is 5.73 Å². The van der Waals surface area contributed by atoms with Crippen LogP contribution in [0.25, 0.3) is 0 Å². The van der Waals surface area contributed by atoms with Crippen molar-refractivity contribution < 1.29 is 0 Å². The van der Waals surface area contributed by atoms with Gasteiger partial charge in [-0.3, -0.25) is 0 Å². The quantitative estimate of drug-likeness (QED) is 0.924. The predicted molar refractivity (Wildman–Crippen MR) is 88.0 cm³/mol. The lowest BCUT2D eigenvalue weighted by molar-refractivity contribution is 0.567. The lowest BCUT2D eigenvalue weighted by atomic mass is 10.0. The molecule has 0 aromatic heterocycles. The average Bonchev–Trinajstić information content (AvgIpc) is 2.78. The van der Waals surface area contributed by atoms with Crippen molar-refractivity contribution in [1.29, 1.82) is 0 Å². The van der Waals surface area contributed by atoms with E-state index >= 15 is 0 Å². The fraction of sp³-hybridized carbons (Fsp3) is 0.294. The smallest absolute Gasteiger partial charge is 0.0678 e. The van der Waals surface area contributed by atoms with Crippen LogP contribution in [0.5, 0.6) is 0 Å². The van der Waals surface area contributed by atoms with Crippen LogP contribution in [0.3, 0.4) is 0 Å². The molecule has 20 heavy (non-hydrogen) atoms. The van der Waals surface area contributed by atoms with E-state index in [4.69, 9.17) is 5.73 Å². The minimum Gasteiger partial charge on any atom is -0.360 e. The Kier molecular flexibility index (Phi) is 3.81. The Bertz CT molecular complexity index is 611. The Balaban J connectivity index is 2.04. The molecule has 104 valence electrons. The van der Waals surface area contributed by atoms with Crippen LogP contribution in [0.4, 0.5) is 5.69 Å². The largest absolute Gasteiger partial charge is 0.360 e. The van der Waals surface area contributed by atoms with E-state index in [1.807, 2.05) is 6.07 Å². The molecule has 0 saturated carbocycles. The monoisotopic (exact) mass is 330 g/mol. The van der Waals surface area contributed by atoms with Gasteiger partial charge in [-0.1, -0.05) is 52.3 Å². The molecule has 3 rings (SSSR count). The molecule has 2 atom stereocenters. The van der Waals surface area contributed by atoms with Crippen LogP contribution < -0.4 is 10.6 Å². The third-order valence-corrected chi connectivity index (χ3v) is 4.81. The Labute approximate surface area is 128 Å². The number of benzene rings is 2. The van der Waals surface area contributed by atoms with Gasteiger partial charge in [0.1, 0.15) is 0 Å². The standard InChI is InChI=1S/C17H19BrN2/c1-12-10-13-6-2-5-9-16(13)20(12)17(11-19)14-7-3-4-8-15(14)18/h2-9,12,17H,10-11,19H2,1H3. The van der Waals surface area contributed by atoms with Crippen LogP contribution in [-0.4, -0.2) is 12.6 Å². The highest BCUT2D eigenvalue weighted by molar-refractivity contribution is 9.10. The maximum atomic E-state index is 6.11. The summed E-state index contributed by atoms with van der Waals surface area (Å²) in [6, 6.07) is 17.7. The second-order valence-electron chi connectivity index (χ2n) is 5.36. The van der Waals surface area contributed by atoms with Gasteiger partial charge < -0.3 is 10.6 Å². The molecule has 2 unspecified atom stereocenters. The van der Waals surface area contributed by atoms with E-state index in [-0.39, 0.29) is 6.04 Å². The van der Waals surface area contributed by atoms with Gasteiger partial charge in [0.25, 0.3) is 0 Å². The molecule has 2 aromatic carbocycles. The van der Waals surface area contributed by atoms with Gasteiger partial charge in [0.15, 0.2) is 0 Å². The van der Waals surface area contributed by atoms with Crippen molar-refractivity contribution in [3.05, 3.63) is 64.1 Å². The molecule has 0 amide bonds. The van der Waals surface area contributed by atoms with E-state index in [1.54, 1.807) is 0 Å². The molecule has 1 aliphatic heterocycles. The van der Waals surface area contributed by atoms with E-state index in [9.17, 15) is 0 Å². The van der Waals surface area contributed by atoms with Crippen molar-refractivity contribution in [3.63, 3.8) is 0 Å². The average molecular weight is 331 g/mol. The first-order valence-electron chi connectivity index (χ1n) is 7.03. The molecule has 2 N–H and O–H groups in total. The molecule has 2 nitrogen and oxygen atoms in total. The summed E-state index contributed by atoms with van der Waals surface area (Å²) in [5, 5.41) is 0. The summed E-state index contributed by atoms with van der Waals surface area (Å²) >= 11 is 3.66. The van der Waals surface area contributed by atoms with Crippen LogP contribution in [0.2, 0.25) is 0 Å². The van der Waals surface area contributed by atoms with Crippen LogP contribution in [-0.2, 0) is 6.42 Å². The number of rotatable bonds is 3. The highest BCUT2D eigenvalue weighted by Crippen LogP contribution is 2.39. The molecule has 1 heterocycles. The maximum Gasteiger partial charge on any atom is 0.0678 e. The van der Waals surface area contributed by atoms with E-state index in [0.717, 1.165) is 10.9 Å². The topological polar surface area (TPSA) is 29.3 Å². The minimum absolute atomic E-state index is 0.212. The Morgan fingerprint density at radius 3 is 2.65 bits per heavy atom. The first-order chi connectivity index (χ1) is 9.72.